The van der Waals surface area contributed by atoms with Crippen molar-refractivity contribution in [2.75, 3.05) is 0 Å². The third-order valence-electron chi connectivity index (χ3n) is 5.16. The van der Waals surface area contributed by atoms with Gasteiger partial charge in [0.05, 0.1) is 0 Å². The first-order valence-electron chi connectivity index (χ1n) is 9.55. The zero-order chi connectivity index (χ0) is 20.2. The predicted octanol–water partition coefficient (Wildman–Crippen LogP) is 5.85. The molecular weight excluding hydrogens is 360 g/mol. The fourth-order valence-electron chi connectivity index (χ4n) is 3.61. The lowest BCUT2D eigenvalue weighted by Gasteiger charge is -2.19. The highest BCUT2D eigenvalue weighted by Crippen LogP contribution is 2.32. The van der Waals surface area contributed by atoms with Gasteiger partial charge in [0.2, 0.25) is 0 Å². The van der Waals surface area contributed by atoms with Gasteiger partial charge in [-0.25, -0.2) is 0 Å². The van der Waals surface area contributed by atoms with Crippen molar-refractivity contribution in [2.24, 2.45) is 0 Å². The zero-order valence-corrected chi connectivity index (χ0v) is 15.9. The van der Waals surface area contributed by atoms with Crippen molar-refractivity contribution >= 4 is 0 Å². The summed E-state index contributed by atoms with van der Waals surface area (Å²) in [5.74, 6) is 0.830. The molecule has 0 saturated heterocycles. The maximum absolute atomic E-state index is 9.67. The van der Waals surface area contributed by atoms with E-state index in [0.717, 1.165) is 28.7 Å². The van der Waals surface area contributed by atoms with Crippen LogP contribution in [0.15, 0.2) is 97.1 Å². The van der Waals surface area contributed by atoms with E-state index in [1.54, 1.807) is 36.4 Å². The lowest BCUT2D eigenvalue weighted by Crippen LogP contribution is -2.05. The van der Waals surface area contributed by atoms with Gasteiger partial charge in [0.1, 0.15) is 17.2 Å². The van der Waals surface area contributed by atoms with Gasteiger partial charge < -0.3 is 15.3 Å². The Hall–Kier alpha value is -3.72. The van der Waals surface area contributed by atoms with Crippen LogP contribution in [-0.4, -0.2) is 15.3 Å². The Bertz CT molecular complexity index is 1040. The molecule has 0 aliphatic carbocycles. The smallest absolute Gasteiger partial charge is 0.115 e. The van der Waals surface area contributed by atoms with E-state index in [1.165, 1.54) is 5.56 Å². The molecule has 4 aromatic carbocycles. The van der Waals surface area contributed by atoms with Crippen LogP contribution in [0.3, 0.4) is 0 Å². The van der Waals surface area contributed by atoms with Crippen molar-refractivity contribution in [2.45, 2.75) is 12.3 Å². The first-order valence-corrected chi connectivity index (χ1v) is 9.55. The minimum Gasteiger partial charge on any atom is -0.508 e. The number of aromatic hydroxyl groups is 3. The maximum Gasteiger partial charge on any atom is 0.115 e. The van der Waals surface area contributed by atoms with Crippen LogP contribution >= 0.6 is 0 Å². The molecule has 3 heteroatoms. The topological polar surface area (TPSA) is 60.7 Å². The van der Waals surface area contributed by atoms with Crippen LogP contribution in [0.4, 0.5) is 0 Å². The molecule has 0 radical (unpaired) electrons. The Morgan fingerprint density at radius 3 is 1.52 bits per heavy atom. The van der Waals surface area contributed by atoms with Crippen LogP contribution in [-0.2, 0) is 6.42 Å². The third-order valence-corrected chi connectivity index (χ3v) is 5.16. The Kier molecular flexibility index (Phi) is 5.21. The normalized spacial score (nSPS) is 10.9. The molecule has 4 aromatic rings. The third kappa shape index (κ3) is 4.41. The van der Waals surface area contributed by atoms with E-state index in [9.17, 15) is 15.3 Å². The number of hydrogen-bond donors (Lipinski definition) is 3. The summed E-state index contributed by atoms with van der Waals surface area (Å²) < 4.78 is 0. The molecule has 0 aliphatic heterocycles. The van der Waals surface area contributed by atoms with E-state index < -0.39 is 0 Å². The second kappa shape index (κ2) is 8.11. The van der Waals surface area contributed by atoms with Crippen LogP contribution in [0.2, 0.25) is 0 Å². The highest BCUT2D eigenvalue weighted by atomic mass is 16.3. The standard InChI is InChI=1S/C26H22O3/c27-23-10-4-19(5-11-23)22-3-1-2-18(16-22)17-26(20-6-12-24(28)13-7-20)21-8-14-25(29)15-9-21/h1-16,26-29H,17H2. The van der Waals surface area contributed by atoms with Crippen molar-refractivity contribution in [1.29, 1.82) is 0 Å². The molecule has 0 amide bonds. The van der Waals surface area contributed by atoms with E-state index in [-0.39, 0.29) is 23.2 Å². The van der Waals surface area contributed by atoms with Gasteiger partial charge >= 0.3 is 0 Å². The zero-order valence-electron chi connectivity index (χ0n) is 15.9. The van der Waals surface area contributed by atoms with Gasteiger partial charge in [0.25, 0.3) is 0 Å². The summed E-state index contributed by atoms with van der Waals surface area (Å²) in [7, 11) is 0. The summed E-state index contributed by atoms with van der Waals surface area (Å²) in [6.07, 6.45) is 0.779. The number of hydrogen-bond acceptors (Lipinski definition) is 3. The van der Waals surface area contributed by atoms with Gasteiger partial charge in [-0.15, -0.1) is 0 Å². The molecule has 0 spiro atoms. The average Bonchev–Trinajstić information content (AvgIpc) is 2.74. The highest BCUT2D eigenvalue weighted by molar-refractivity contribution is 5.65. The Labute approximate surface area is 170 Å². The fraction of sp³-hybridized carbons (Fsp3) is 0.0769. The lowest BCUT2D eigenvalue weighted by molar-refractivity contribution is 0.474. The fourth-order valence-corrected chi connectivity index (χ4v) is 3.61. The van der Waals surface area contributed by atoms with Gasteiger partial charge in [-0.3, -0.25) is 0 Å². The molecule has 0 aromatic heterocycles. The Balaban J connectivity index is 1.69. The van der Waals surface area contributed by atoms with Crippen LogP contribution in [0.5, 0.6) is 17.2 Å². The summed E-state index contributed by atoms with van der Waals surface area (Å²) in [6, 6.07) is 30.2. The van der Waals surface area contributed by atoms with Crippen LogP contribution in [0.1, 0.15) is 22.6 Å². The van der Waals surface area contributed by atoms with E-state index >= 15 is 0 Å². The number of phenols is 3. The number of rotatable bonds is 5. The van der Waals surface area contributed by atoms with Crippen molar-refractivity contribution in [1.82, 2.24) is 0 Å². The van der Waals surface area contributed by atoms with Crippen LogP contribution < -0.4 is 0 Å². The molecule has 0 saturated carbocycles. The first kappa shape index (κ1) is 18.6. The van der Waals surface area contributed by atoms with Crippen molar-refractivity contribution in [3.63, 3.8) is 0 Å². The molecule has 0 bridgehead atoms. The SMILES string of the molecule is Oc1ccc(-c2cccc(CC(c3ccc(O)cc3)c3ccc(O)cc3)c2)cc1. The molecule has 0 aliphatic rings. The van der Waals surface area contributed by atoms with Gasteiger partial charge in [0.15, 0.2) is 0 Å². The van der Waals surface area contributed by atoms with Crippen LogP contribution in [0.25, 0.3) is 11.1 Å². The van der Waals surface area contributed by atoms with E-state index in [1.807, 2.05) is 42.5 Å². The molecule has 0 fully saturated rings. The minimum absolute atomic E-state index is 0.0891. The molecule has 29 heavy (non-hydrogen) atoms. The predicted molar refractivity (Wildman–Crippen MR) is 115 cm³/mol. The summed E-state index contributed by atoms with van der Waals surface area (Å²) in [5.41, 5.74) is 5.53. The van der Waals surface area contributed by atoms with E-state index in [0.29, 0.717) is 0 Å². The van der Waals surface area contributed by atoms with Gasteiger partial charge in [-0.1, -0.05) is 60.7 Å². The second-order valence-electron chi connectivity index (χ2n) is 7.19. The summed E-state index contributed by atoms with van der Waals surface area (Å²) >= 11 is 0. The van der Waals surface area contributed by atoms with Gasteiger partial charge in [-0.2, -0.15) is 0 Å². The maximum atomic E-state index is 9.67. The second-order valence-corrected chi connectivity index (χ2v) is 7.19. The molecule has 0 atom stereocenters. The summed E-state index contributed by atoms with van der Waals surface area (Å²) in [5, 5.41) is 28.9. The lowest BCUT2D eigenvalue weighted by atomic mass is 9.85. The molecule has 0 unspecified atom stereocenters. The van der Waals surface area contributed by atoms with E-state index in [2.05, 4.69) is 18.2 Å². The quantitative estimate of drug-likeness (QED) is 0.406. The first-order chi connectivity index (χ1) is 14.1. The minimum atomic E-state index is 0.0891. The van der Waals surface area contributed by atoms with E-state index in [4.69, 9.17) is 0 Å². The van der Waals surface area contributed by atoms with Crippen molar-refractivity contribution in [3.05, 3.63) is 114 Å². The molecule has 144 valence electrons. The number of phenolic OH excluding ortho intramolecular Hbond substituents is 3. The monoisotopic (exact) mass is 382 g/mol. The van der Waals surface area contributed by atoms with Gasteiger partial charge in [0, 0.05) is 5.92 Å². The molecule has 3 N–H and O–H groups in total. The molecule has 0 heterocycles. The van der Waals surface area contributed by atoms with Gasteiger partial charge in [-0.05, 0) is 70.6 Å². The molecule has 3 nitrogen and oxygen atoms in total. The summed E-state index contributed by atoms with van der Waals surface area (Å²) in [6.45, 7) is 0. The Morgan fingerprint density at radius 1 is 0.517 bits per heavy atom. The largest absolute Gasteiger partial charge is 0.508 e. The van der Waals surface area contributed by atoms with Crippen LogP contribution in [0, 0.1) is 0 Å². The van der Waals surface area contributed by atoms with Crippen molar-refractivity contribution < 1.29 is 15.3 Å². The Morgan fingerprint density at radius 2 is 1.00 bits per heavy atom. The average molecular weight is 382 g/mol. The molecule has 4 rings (SSSR count). The highest BCUT2D eigenvalue weighted by Gasteiger charge is 2.16. The van der Waals surface area contributed by atoms with Crippen molar-refractivity contribution in [3.8, 4) is 28.4 Å². The number of benzene rings is 4. The molecular formula is C26H22O3. The summed E-state index contributed by atoms with van der Waals surface area (Å²) in [4.78, 5) is 0.